The highest BCUT2D eigenvalue weighted by atomic mass is 35.5. The second-order valence-electron chi connectivity index (χ2n) is 2.64. The molecule has 0 aliphatic heterocycles. The van der Waals surface area contributed by atoms with Gasteiger partial charge in [-0.15, -0.1) is 0 Å². The van der Waals surface area contributed by atoms with E-state index in [4.69, 9.17) is 16.3 Å². The predicted molar refractivity (Wildman–Crippen MR) is 49.6 cm³/mol. The highest BCUT2D eigenvalue weighted by Crippen LogP contribution is 2.16. The summed E-state index contributed by atoms with van der Waals surface area (Å²) in [4.78, 5) is 4.05. The van der Waals surface area contributed by atoms with Crippen LogP contribution in [-0.4, -0.2) is 22.3 Å². The van der Waals surface area contributed by atoms with E-state index >= 15 is 0 Å². The summed E-state index contributed by atoms with van der Waals surface area (Å²) in [5, 5.41) is 8.24. The summed E-state index contributed by atoms with van der Waals surface area (Å²) in [5.41, 5.74) is 1.54. The Hall–Kier alpha value is -1.13. The number of aromatic amines is 1. The molecule has 1 N–H and O–H groups in total. The van der Waals surface area contributed by atoms with Crippen molar-refractivity contribution in [3.63, 3.8) is 0 Å². The van der Waals surface area contributed by atoms with E-state index in [-0.39, 0.29) is 0 Å². The molecule has 0 bridgehead atoms. The zero-order valence-corrected chi connectivity index (χ0v) is 7.80. The van der Waals surface area contributed by atoms with Crippen molar-refractivity contribution in [3.05, 3.63) is 23.0 Å². The van der Waals surface area contributed by atoms with Gasteiger partial charge in [-0.05, 0) is 12.1 Å². The topological polar surface area (TPSA) is 50.8 Å². The number of fused-ring (bicyclic) bond motifs is 1. The maximum Gasteiger partial charge on any atom is 0.182 e. The van der Waals surface area contributed by atoms with Crippen LogP contribution in [0.25, 0.3) is 11.0 Å². The molecule has 0 saturated heterocycles. The molecule has 0 unspecified atom stereocenters. The highest BCUT2D eigenvalue weighted by Gasteiger charge is 2.05. The van der Waals surface area contributed by atoms with Crippen LogP contribution >= 0.6 is 11.6 Å². The van der Waals surface area contributed by atoms with Gasteiger partial charge in [-0.2, -0.15) is 5.10 Å². The van der Waals surface area contributed by atoms with Crippen LogP contribution in [-0.2, 0) is 11.3 Å². The number of nitrogens with one attached hydrogen (secondary N) is 1. The summed E-state index contributed by atoms with van der Waals surface area (Å²) in [7, 11) is 1.63. The molecule has 4 nitrogen and oxygen atoms in total. The van der Waals surface area contributed by atoms with Gasteiger partial charge >= 0.3 is 0 Å². The van der Waals surface area contributed by atoms with Gasteiger partial charge in [-0.1, -0.05) is 11.6 Å². The lowest BCUT2D eigenvalue weighted by Gasteiger charge is -1.94. The number of ether oxygens (including phenoxy) is 1. The van der Waals surface area contributed by atoms with Gasteiger partial charge in [0.15, 0.2) is 5.65 Å². The fraction of sp³-hybridized carbons (Fsp3) is 0.250. The van der Waals surface area contributed by atoms with E-state index in [1.807, 2.05) is 6.07 Å². The summed E-state index contributed by atoms with van der Waals surface area (Å²) in [6.45, 7) is 0.500. The summed E-state index contributed by atoms with van der Waals surface area (Å²) in [6.07, 6.45) is 0. The number of rotatable bonds is 2. The lowest BCUT2D eigenvalue weighted by atomic mass is 10.3. The first-order valence-electron chi connectivity index (χ1n) is 3.79. The van der Waals surface area contributed by atoms with Crippen molar-refractivity contribution in [3.8, 4) is 0 Å². The standard InChI is InChI=1S/C8H8ClN3O/c1-13-4-6-5-2-3-7(9)10-8(5)12-11-6/h2-3H,4H2,1H3,(H,10,11,12). The molecular weight excluding hydrogens is 190 g/mol. The molecule has 13 heavy (non-hydrogen) atoms. The summed E-state index contributed by atoms with van der Waals surface area (Å²) in [5.74, 6) is 0. The quantitative estimate of drug-likeness (QED) is 0.747. The third-order valence-corrected chi connectivity index (χ3v) is 1.96. The number of pyridine rings is 1. The van der Waals surface area contributed by atoms with E-state index in [2.05, 4.69) is 15.2 Å². The van der Waals surface area contributed by atoms with Crippen LogP contribution in [0.2, 0.25) is 5.15 Å². The molecule has 2 heterocycles. The van der Waals surface area contributed by atoms with Crippen molar-refractivity contribution in [1.82, 2.24) is 15.2 Å². The molecule has 0 aliphatic carbocycles. The van der Waals surface area contributed by atoms with Crippen LogP contribution in [0.1, 0.15) is 5.69 Å². The van der Waals surface area contributed by atoms with Crippen molar-refractivity contribution < 1.29 is 4.74 Å². The van der Waals surface area contributed by atoms with Crippen molar-refractivity contribution in [1.29, 1.82) is 0 Å². The third-order valence-electron chi connectivity index (χ3n) is 1.75. The van der Waals surface area contributed by atoms with Crippen molar-refractivity contribution >= 4 is 22.6 Å². The van der Waals surface area contributed by atoms with Gasteiger partial charge in [0, 0.05) is 12.5 Å². The van der Waals surface area contributed by atoms with E-state index < -0.39 is 0 Å². The average molecular weight is 198 g/mol. The van der Waals surface area contributed by atoms with Crippen LogP contribution in [0.4, 0.5) is 0 Å². The van der Waals surface area contributed by atoms with E-state index in [9.17, 15) is 0 Å². The molecule has 2 rings (SSSR count). The molecule has 0 atom stereocenters. The van der Waals surface area contributed by atoms with Crippen molar-refractivity contribution in [2.45, 2.75) is 6.61 Å². The Kier molecular flexibility index (Phi) is 2.16. The lowest BCUT2D eigenvalue weighted by Crippen LogP contribution is -1.87. The number of hydrogen-bond donors (Lipinski definition) is 1. The molecule has 0 aromatic carbocycles. The average Bonchev–Trinajstić information content (AvgIpc) is 2.49. The number of methoxy groups -OCH3 is 1. The Bertz CT molecular complexity index is 426. The maximum absolute atomic E-state index is 5.71. The van der Waals surface area contributed by atoms with Gasteiger partial charge in [-0.3, -0.25) is 5.10 Å². The normalized spacial score (nSPS) is 10.9. The van der Waals surface area contributed by atoms with Gasteiger partial charge in [0.05, 0.1) is 12.3 Å². The first-order valence-corrected chi connectivity index (χ1v) is 4.17. The number of H-pyrrole nitrogens is 1. The molecule has 0 fully saturated rings. The number of nitrogens with zero attached hydrogens (tertiary/aromatic N) is 2. The van der Waals surface area contributed by atoms with Crippen molar-refractivity contribution in [2.75, 3.05) is 7.11 Å². The Morgan fingerprint density at radius 1 is 1.54 bits per heavy atom. The molecule has 0 amide bonds. The van der Waals surface area contributed by atoms with Crippen LogP contribution in [0, 0.1) is 0 Å². The predicted octanol–water partition coefficient (Wildman–Crippen LogP) is 1.76. The van der Waals surface area contributed by atoms with E-state index in [0.717, 1.165) is 11.1 Å². The zero-order chi connectivity index (χ0) is 9.26. The van der Waals surface area contributed by atoms with Crippen LogP contribution in [0.3, 0.4) is 0 Å². The minimum Gasteiger partial charge on any atom is -0.378 e. The van der Waals surface area contributed by atoms with Crippen LogP contribution < -0.4 is 0 Å². The number of aromatic nitrogens is 3. The van der Waals surface area contributed by atoms with Gasteiger partial charge < -0.3 is 4.74 Å². The molecule has 5 heteroatoms. The van der Waals surface area contributed by atoms with Crippen LogP contribution in [0.15, 0.2) is 12.1 Å². The van der Waals surface area contributed by atoms with E-state index in [1.54, 1.807) is 13.2 Å². The molecule has 0 spiro atoms. The summed E-state index contributed by atoms with van der Waals surface area (Å²) in [6, 6.07) is 3.61. The van der Waals surface area contributed by atoms with Gasteiger partial charge in [0.25, 0.3) is 0 Å². The molecule has 68 valence electrons. The molecular formula is C8H8ClN3O. The van der Waals surface area contributed by atoms with Crippen LogP contribution in [0.5, 0.6) is 0 Å². The molecule has 0 radical (unpaired) electrons. The molecule has 2 aromatic heterocycles. The monoisotopic (exact) mass is 197 g/mol. The zero-order valence-electron chi connectivity index (χ0n) is 7.04. The fourth-order valence-corrected chi connectivity index (χ4v) is 1.32. The maximum atomic E-state index is 5.71. The minimum absolute atomic E-state index is 0.447. The first-order chi connectivity index (χ1) is 6.31. The van der Waals surface area contributed by atoms with Gasteiger partial charge in [0.1, 0.15) is 5.15 Å². The van der Waals surface area contributed by atoms with Gasteiger partial charge in [0.2, 0.25) is 0 Å². The van der Waals surface area contributed by atoms with Crippen molar-refractivity contribution in [2.24, 2.45) is 0 Å². The second-order valence-corrected chi connectivity index (χ2v) is 3.03. The fourth-order valence-electron chi connectivity index (χ4n) is 1.18. The Morgan fingerprint density at radius 2 is 2.38 bits per heavy atom. The molecule has 2 aromatic rings. The molecule has 0 aliphatic rings. The number of hydrogen-bond acceptors (Lipinski definition) is 3. The second kappa shape index (κ2) is 3.32. The summed E-state index contributed by atoms with van der Waals surface area (Å²) < 4.78 is 4.99. The molecule has 0 saturated carbocycles. The SMILES string of the molecule is COCc1[nH]nc2nc(Cl)ccc12. The van der Waals surface area contributed by atoms with E-state index in [1.165, 1.54) is 0 Å². The largest absolute Gasteiger partial charge is 0.378 e. The van der Waals surface area contributed by atoms with Gasteiger partial charge in [-0.25, -0.2) is 4.98 Å². The Morgan fingerprint density at radius 3 is 3.15 bits per heavy atom. The van der Waals surface area contributed by atoms with E-state index in [0.29, 0.717) is 17.4 Å². The first kappa shape index (κ1) is 8.47. The Labute approximate surface area is 79.9 Å². The lowest BCUT2D eigenvalue weighted by molar-refractivity contribution is 0.182. The summed E-state index contributed by atoms with van der Waals surface area (Å²) >= 11 is 5.71. The minimum atomic E-state index is 0.447. The number of halogens is 1. The highest BCUT2D eigenvalue weighted by molar-refractivity contribution is 6.29. The Balaban J connectivity index is 2.55. The smallest absolute Gasteiger partial charge is 0.182 e. The third kappa shape index (κ3) is 1.50.